The first-order valence-corrected chi connectivity index (χ1v) is 7.40. The molecular formula is C18H17N3. The van der Waals surface area contributed by atoms with E-state index in [9.17, 15) is 0 Å². The molecule has 3 heteroatoms. The largest absolute Gasteiger partial charge is 0.324 e. The number of hydrogen-bond donors (Lipinski definition) is 0. The highest BCUT2D eigenvalue weighted by Gasteiger charge is 2.17. The van der Waals surface area contributed by atoms with E-state index in [0.29, 0.717) is 0 Å². The topological polar surface area (TPSA) is 30.7 Å². The predicted octanol–water partition coefficient (Wildman–Crippen LogP) is 3.73. The molecule has 4 rings (SSSR count). The maximum absolute atomic E-state index is 4.70. The van der Waals surface area contributed by atoms with Gasteiger partial charge in [0, 0.05) is 29.8 Å². The van der Waals surface area contributed by atoms with Crippen molar-refractivity contribution in [3.8, 4) is 16.9 Å². The average Bonchev–Trinajstić information content (AvgIpc) is 2.96. The lowest BCUT2D eigenvalue weighted by Crippen LogP contribution is -1.99. The Labute approximate surface area is 124 Å². The SMILES string of the molecule is Cc1cnc2c(n1)CCCc1ccc(-n3cccc3)cc1-2. The van der Waals surface area contributed by atoms with Crippen LogP contribution in [0.2, 0.25) is 0 Å². The summed E-state index contributed by atoms with van der Waals surface area (Å²) in [4.78, 5) is 9.37. The second-order valence-electron chi connectivity index (χ2n) is 5.59. The zero-order chi connectivity index (χ0) is 14.2. The Bertz CT molecular complexity index is 788. The van der Waals surface area contributed by atoms with E-state index in [1.54, 1.807) is 0 Å². The van der Waals surface area contributed by atoms with Crippen molar-refractivity contribution in [2.75, 3.05) is 0 Å². The van der Waals surface area contributed by atoms with E-state index >= 15 is 0 Å². The van der Waals surface area contributed by atoms with Crippen LogP contribution >= 0.6 is 0 Å². The minimum atomic E-state index is 0.999. The van der Waals surface area contributed by atoms with Crippen LogP contribution in [0, 0.1) is 6.92 Å². The van der Waals surface area contributed by atoms with Gasteiger partial charge in [-0.25, -0.2) is 0 Å². The second-order valence-corrected chi connectivity index (χ2v) is 5.59. The maximum Gasteiger partial charge on any atom is 0.0921 e. The molecule has 0 saturated carbocycles. The lowest BCUT2D eigenvalue weighted by atomic mass is 10.0. The summed E-state index contributed by atoms with van der Waals surface area (Å²) in [5.41, 5.74) is 6.98. The third kappa shape index (κ3) is 2.15. The van der Waals surface area contributed by atoms with Crippen LogP contribution in [-0.2, 0) is 12.8 Å². The lowest BCUT2D eigenvalue weighted by molar-refractivity contribution is 0.806. The van der Waals surface area contributed by atoms with Crippen molar-refractivity contribution in [2.24, 2.45) is 0 Å². The Balaban J connectivity index is 1.92. The second kappa shape index (κ2) is 4.85. The fourth-order valence-corrected chi connectivity index (χ4v) is 3.04. The van der Waals surface area contributed by atoms with Crippen LogP contribution < -0.4 is 0 Å². The third-order valence-electron chi connectivity index (χ3n) is 4.08. The number of fused-ring (bicyclic) bond motifs is 3. The molecule has 0 atom stereocenters. The van der Waals surface area contributed by atoms with Crippen molar-refractivity contribution in [3.05, 3.63) is 65.9 Å². The Hall–Kier alpha value is -2.42. The van der Waals surface area contributed by atoms with E-state index in [0.717, 1.165) is 36.3 Å². The average molecular weight is 275 g/mol. The molecule has 0 bridgehead atoms. The highest BCUT2D eigenvalue weighted by Crippen LogP contribution is 2.31. The van der Waals surface area contributed by atoms with Crippen LogP contribution in [0.3, 0.4) is 0 Å². The van der Waals surface area contributed by atoms with Gasteiger partial charge in [0.1, 0.15) is 0 Å². The van der Waals surface area contributed by atoms with Crippen molar-refractivity contribution in [1.82, 2.24) is 14.5 Å². The molecule has 0 unspecified atom stereocenters. The van der Waals surface area contributed by atoms with Crippen LogP contribution in [0.4, 0.5) is 0 Å². The summed E-state index contributed by atoms with van der Waals surface area (Å²) >= 11 is 0. The van der Waals surface area contributed by atoms with Gasteiger partial charge in [-0.05, 0) is 56.0 Å². The Morgan fingerprint density at radius 1 is 1.10 bits per heavy atom. The van der Waals surface area contributed by atoms with E-state index in [1.807, 2.05) is 25.3 Å². The molecule has 1 aliphatic carbocycles. The summed E-state index contributed by atoms with van der Waals surface area (Å²) in [7, 11) is 0. The van der Waals surface area contributed by atoms with Gasteiger partial charge in [-0.2, -0.15) is 0 Å². The van der Waals surface area contributed by atoms with E-state index < -0.39 is 0 Å². The van der Waals surface area contributed by atoms with Gasteiger partial charge >= 0.3 is 0 Å². The zero-order valence-electron chi connectivity index (χ0n) is 12.1. The summed E-state index contributed by atoms with van der Waals surface area (Å²) in [6, 6.07) is 10.8. The molecule has 0 saturated heterocycles. The molecule has 0 aliphatic heterocycles. The van der Waals surface area contributed by atoms with E-state index in [1.165, 1.54) is 16.8 Å². The quantitative estimate of drug-likeness (QED) is 0.677. The molecule has 3 nitrogen and oxygen atoms in total. The molecule has 2 heterocycles. The molecule has 0 fully saturated rings. The molecule has 1 aliphatic rings. The number of benzene rings is 1. The molecule has 0 radical (unpaired) electrons. The molecule has 21 heavy (non-hydrogen) atoms. The third-order valence-corrected chi connectivity index (χ3v) is 4.08. The highest BCUT2D eigenvalue weighted by atomic mass is 14.9. The van der Waals surface area contributed by atoms with E-state index in [2.05, 4.69) is 40.1 Å². The van der Waals surface area contributed by atoms with Gasteiger partial charge in [-0.3, -0.25) is 9.97 Å². The molecular weight excluding hydrogens is 258 g/mol. The zero-order valence-corrected chi connectivity index (χ0v) is 12.1. The van der Waals surface area contributed by atoms with Crippen molar-refractivity contribution in [3.63, 3.8) is 0 Å². The highest BCUT2D eigenvalue weighted by molar-refractivity contribution is 5.69. The molecule has 1 aromatic carbocycles. The van der Waals surface area contributed by atoms with Crippen LogP contribution in [0.15, 0.2) is 48.9 Å². The van der Waals surface area contributed by atoms with Gasteiger partial charge < -0.3 is 4.57 Å². The van der Waals surface area contributed by atoms with Crippen molar-refractivity contribution in [2.45, 2.75) is 26.2 Å². The number of rotatable bonds is 1. The molecule has 104 valence electrons. The molecule has 0 N–H and O–H groups in total. The summed E-state index contributed by atoms with van der Waals surface area (Å²) in [5.74, 6) is 0. The molecule has 0 spiro atoms. The van der Waals surface area contributed by atoms with Gasteiger partial charge in [0.2, 0.25) is 0 Å². The fourth-order valence-electron chi connectivity index (χ4n) is 3.04. The smallest absolute Gasteiger partial charge is 0.0921 e. The molecule has 2 aromatic heterocycles. The van der Waals surface area contributed by atoms with Gasteiger partial charge in [0.05, 0.1) is 17.1 Å². The fraction of sp³-hybridized carbons (Fsp3) is 0.222. The van der Waals surface area contributed by atoms with E-state index in [4.69, 9.17) is 4.98 Å². The minimum Gasteiger partial charge on any atom is -0.324 e. The predicted molar refractivity (Wildman–Crippen MR) is 83.6 cm³/mol. The number of aromatic nitrogens is 3. The summed E-state index contributed by atoms with van der Waals surface area (Å²) in [6.45, 7) is 2.01. The first kappa shape index (κ1) is 12.3. The standard InChI is InChI=1S/C18H17N3/c1-13-12-19-18-16-11-15(21-9-2-3-10-21)8-7-14(16)5-4-6-17(18)20-13/h2-3,7-12H,4-6H2,1H3. The van der Waals surface area contributed by atoms with Crippen molar-refractivity contribution < 1.29 is 0 Å². The van der Waals surface area contributed by atoms with Gasteiger partial charge in [0.25, 0.3) is 0 Å². The number of hydrogen-bond acceptors (Lipinski definition) is 2. The first-order chi connectivity index (χ1) is 10.3. The van der Waals surface area contributed by atoms with E-state index in [-0.39, 0.29) is 0 Å². The van der Waals surface area contributed by atoms with Gasteiger partial charge in [-0.1, -0.05) is 6.07 Å². The van der Waals surface area contributed by atoms with Crippen LogP contribution in [-0.4, -0.2) is 14.5 Å². The van der Waals surface area contributed by atoms with Gasteiger partial charge in [0.15, 0.2) is 0 Å². The van der Waals surface area contributed by atoms with Crippen LogP contribution in [0.1, 0.15) is 23.4 Å². The van der Waals surface area contributed by atoms with Gasteiger partial charge in [-0.15, -0.1) is 0 Å². The summed E-state index contributed by atoms with van der Waals surface area (Å²) in [5, 5.41) is 0. The summed E-state index contributed by atoms with van der Waals surface area (Å²) in [6.07, 6.45) is 9.26. The van der Waals surface area contributed by atoms with Crippen LogP contribution in [0.5, 0.6) is 0 Å². The Kier molecular flexibility index (Phi) is 2.85. The van der Waals surface area contributed by atoms with Crippen LogP contribution in [0.25, 0.3) is 16.9 Å². The molecule has 0 amide bonds. The number of aryl methyl sites for hydroxylation is 3. The normalized spacial score (nSPS) is 13.4. The Morgan fingerprint density at radius 3 is 2.81 bits per heavy atom. The lowest BCUT2D eigenvalue weighted by Gasteiger charge is -2.11. The minimum absolute atomic E-state index is 0.999. The molecule has 3 aromatic rings. The van der Waals surface area contributed by atoms with Crippen molar-refractivity contribution >= 4 is 0 Å². The first-order valence-electron chi connectivity index (χ1n) is 7.40. The monoisotopic (exact) mass is 275 g/mol. The Morgan fingerprint density at radius 2 is 1.95 bits per heavy atom. The maximum atomic E-state index is 4.70. The number of nitrogens with zero attached hydrogens (tertiary/aromatic N) is 3. The summed E-state index contributed by atoms with van der Waals surface area (Å²) < 4.78 is 2.13. The van der Waals surface area contributed by atoms with Crippen molar-refractivity contribution in [1.29, 1.82) is 0 Å².